The fourth-order valence-corrected chi connectivity index (χ4v) is 3.39. The molecule has 7 nitrogen and oxygen atoms in total. The van der Waals surface area contributed by atoms with Crippen molar-refractivity contribution < 1.29 is 14.3 Å². The Bertz CT molecular complexity index is 623. The molecule has 27 heavy (non-hydrogen) atoms. The number of amides is 2. The van der Waals surface area contributed by atoms with Gasteiger partial charge in [0.05, 0.1) is 19.8 Å². The van der Waals surface area contributed by atoms with Crippen LogP contribution < -0.4 is 10.6 Å². The van der Waals surface area contributed by atoms with Crippen LogP contribution in [0.15, 0.2) is 24.3 Å². The molecule has 1 atom stereocenters. The Balaban J connectivity index is 1.86. The van der Waals surface area contributed by atoms with Gasteiger partial charge in [0.1, 0.15) is 5.25 Å². The highest BCUT2D eigenvalue weighted by Crippen LogP contribution is 2.17. The van der Waals surface area contributed by atoms with Crippen LogP contribution in [-0.4, -0.2) is 86.1 Å². The number of ether oxygens (including phenoxy) is 1. The van der Waals surface area contributed by atoms with Crippen LogP contribution >= 0.6 is 11.8 Å². The number of hydrogen-bond acceptors (Lipinski definition) is 6. The van der Waals surface area contributed by atoms with Crippen molar-refractivity contribution in [1.29, 1.82) is 0 Å². The van der Waals surface area contributed by atoms with Crippen molar-refractivity contribution in [1.82, 2.24) is 9.80 Å². The molecule has 0 aromatic heterocycles. The first-order valence-corrected chi connectivity index (χ1v) is 10.5. The zero-order valence-corrected chi connectivity index (χ0v) is 17.2. The molecule has 2 rings (SSSR count). The summed E-state index contributed by atoms with van der Waals surface area (Å²) in [5.74, 6) is 0.0863. The summed E-state index contributed by atoms with van der Waals surface area (Å²) in [6.45, 7) is 6.48. The third-order valence-electron chi connectivity index (χ3n) is 4.52. The van der Waals surface area contributed by atoms with E-state index in [0.29, 0.717) is 32.8 Å². The van der Waals surface area contributed by atoms with Crippen molar-refractivity contribution in [3.05, 3.63) is 24.3 Å². The summed E-state index contributed by atoms with van der Waals surface area (Å²) in [6.07, 6.45) is 1.94. The molecule has 0 aliphatic carbocycles. The predicted octanol–water partition coefficient (Wildman–Crippen LogP) is 1.58. The zero-order chi connectivity index (χ0) is 19.6. The third kappa shape index (κ3) is 7.04. The standard InChI is InChI=1S/C19H30N4O3S/c1-4-22(2)19(25)17(27-3)13-20-15-6-5-7-16(12-15)21-18(24)14-23-8-10-26-11-9-23/h5-7,12,17,20H,4,8-11,13-14H2,1-3H3,(H,21,24). The minimum atomic E-state index is -0.144. The van der Waals surface area contributed by atoms with Gasteiger partial charge in [-0.2, -0.15) is 11.8 Å². The highest BCUT2D eigenvalue weighted by atomic mass is 32.2. The SMILES string of the molecule is CCN(C)C(=O)C(CNc1cccc(NC(=O)CN2CCOCC2)c1)SC. The molecule has 0 spiro atoms. The van der Waals surface area contributed by atoms with Crippen molar-refractivity contribution in [3.8, 4) is 0 Å². The smallest absolute Gasteiger partial charge is 0.238 e. The average molecular weight is 395 g/mol. The largest absolute Gasteiger partial charge is 0.383 e. The molecule has 1 saturated heterocycles. The van der Waals surface area contributed by atoms with Crippen molar-refractivity contribution in [2.75, 3.05) is 69.9 Å². The molecule has 0 radical (unpaired) electrons. The summed E-state index contributed by atoms with van der Waals surface area (Å²) >= 11 is 1.54. The first-order valence-electron chi connectivity index (χ1n) is 9.25. The maximum atomic E-state index is 12.3. The van der Waals surface area contributed by atoms with Gasteiger partial charge < -0.3 is 20.3 Å². The molecule has 1 aliphatic heterocycles. The van der Waals surface area contributed by atoms with E-state index in [2.05, 4.69) is 15.5 Å². The molecular formula is C19H30N4O3S. The maximum absolute atomic E-state index is 12.3. The molecule has 2 amide bonds. The summed E-state index contributed by atoms with van der Waals surface area (Å²) in [5, 5.41) is 6.10. The van der Waals surface area contributed by atoms with E-state index < -0.39 is 0 Å². The van der Waals surface area contributed by atoms with E-state index in [9.17, 15) is 9.59 Å². The van der Waals surface area contributed by atoms with Gasteiger partial charge in [0, 0.05) is 44.6 Å². The lowest BCUT2D eigenvalue weighted by molar-refractivity contribution is -0.128. The number of carbonyl (C=O) groups is 2. The van der Waals surface area contributed by atoms with Gasteiger partial charge in [-0.05, 0) is 31.4 Å². The van der Waals surface area contributed by atoms with Gasteiger partial charge >= 0.3 is 0 Å². The number of rotatable bonds is 9. The normalized spacial score (nSPS) is 15.8. The first kappa shape index (κ1) is 21.5. The predicted molar refractivity (Wildman–Crippen MR) is 111 cm³/mol. The number of morpholine rings is 1. The molecule has 1 aliphatic rings. The maximum Gasteiger partial charge on any atom is 0.238 e. The number of anilines is 2. The quantitative estimate of drug-likeness (QED) is 0.663. The molecule has 0 bridgehead atoms. The van der Waals surface area contributed by atoms with E-state index in [0.717, 1.165) is 24.5 Å². The van der Waals surface area contributed by atoms with Crippen molar-refractivity contribution in [2.45, 2.75) is 12.2 Å². The molecule has 1 aromatic rings. The van der Waals surface area contributed by atoms with Gasteiger partial charge in [-0.25, -0.2) is 0 Å². The molecule has 1 aromatic carbocycles. The van der Waals surface area contributed by atoms with Crippen molar-refractivity contribution in [2.24, 2.45) is 0 Å². The monoisotopic (exact) mass is 394 g/mol. The van der Waals surface area contributed by atoms with Crippen LogP contribution in [0.4, 0.5) is 11.4 Å². The van der Waals surface area contributed by atoms with Crippen LogP contribution in [0.1, 0.15) is 6.92 Å². The molecule has 0 saturated carbocycles. The summed E-state index contributed by atoms with van der Waals surface area (Å²) < 4.78 is 5.30. The molecule has 2 N–H and O–H groups in total. The highest BCUT2D eigenvalue weighted by molar-refractivity contribution is 7.99. The molecule has 8 heteroatoms. The number of hydrogen-bond donors (Lipinski definition) is 2. The fourth-order valence-electron chi connectivity index (χ4n) is 2.75. The third-order valence-corrected chi connectivity index (χ3v) is 5.46. The fraction of sp³-hybridized carbons (Fsp3) is 0.579. The molecular weight excluding hydrogens is 364 g/mol. The Morgan fingerprint density at radius 1 is 1.30 bits per heavy atom. The Kier molecular flexibility index (Phi) is 8.90. The van der Waals surface area contributed by atoms with Crippen molar-refractivity contribution >= 4 is 35.0 Å². The molecule has 1 fully saturated rings. The number of carbonyl (C=O) groups excluding carboxylic acids is 2. The number of nitrogens with zero attached hydrogens (tertiary/aromatic N) is 2. The molecule has 150 valence electrons. The lowest BCUT2D eigenvalue weighted by atomic mass is 10.2. The summed E-state index contributed by atoms with van der Waals surface area (Å²) in [6, 6.07) is 7.58. The van der Waals surface area contributed by atoms with Crippen LogP contribution in [0.25, 0.3) is 0 Å². The van der Waals surface area contributed by atoms with Crippen LogP contribution in [0.5, 0.6) is 0 Å². The van der Waals surface area contributed by atoms with Gasteiger partial charge in [0.15, 0.2) is 0 Å². The van der Waals surface area contributed by atoms with Crippen LogP contribution in [0, 0.1) is 0 Å². The average Bonchev–Trinajstić information content (AvgIpc) is 2.68. The van der Waals surface area contributed by atoms with E-state index in [-0.39, 0.29) is 17.1 Å². The van der Waals surface area contributed by atoms with E-state index in [1.165, 1.54) is 11.8 Å². The minimum Gasteiger partial charge on any atom is -0.383 e. The summed E-state index contributed by atoms with van der Waals surface area (Å²) in [5.41, 5.74) is 1.63. The van der Waals surface area contributed by atoms with Crippen LogP contribution in [-0.2, 0) is 14.3 Å². The Morgan fingerprint density at radius 2 is 2.00 bits per heavy atom. The summed E-state index contributed by atoms with van der Waals surface area (Å²) in [7, 11) is 1.82. The molecule has 1 heterocycles. The summed E-state index contributed by atoms with van der Waals surface area (Å²) in [4.78, 5) is 28.4. The molecule has 1 unspecified atom stereocenters. The van der Waals surface area contributed by atoms with Gasteiger partial charge in [-0.3, -0.25) is 14.5 Å². The lowest BCUT2D eigenvalue weighted by Gasteiger charge is -2.25. The van der Waals surface area contributed by atoms with E-state index in [1.54, 1.807) is 4.90 Å². The van der Waals surface area contributed by atoms with Crippen LogP contribution in [0.2, 0.25) is 0 Å². The van der Waals surface area contributed by atoms with Gasteiger partial charge in [-0.1, -0.05) is 6.07 Å². The number of benzene rings is 1. The van der Waals surface area contributed by atoms with Gasteiger partial charge in [0.25, 0.3) is 0 Å². The lowest BCUT2D eigenvalue weighted by Crippen LogP contribution is -2.41. The van der Waals surface area contributed by atoms with Crippen molar-refractivity contribution in [3.63, 3.8) is 0 Å². The Hall–Kier alpha value is -1.77. The number of thioether (sulfide) groups is 1. The Morgan fingerprint density at radius 3 is 2.67 bits per heavy atom. The zero-order valence-electron chi connectivity index (χ0n) is 16.4. The highest BCUT2D eigenvalue weighted by Gasteiger charge is 2.20. The second-order valence-corrected chi connectivity index (χ2v) is 7.52. The van der Waals surface area contributed by atoms with E-state index in [1.807, 2.05) is 44.5 Å². The van der Waals surface area contributed by atoms with Gasteiger partial charge in [-0.15, -0.1) is 0 Å². The topological polar surface area (TPSA) is 73.9 Å². The second-order valence-electron chi connectivity index (χ2n) is 6.48. The van der Waals surface area contributed by atoms with Gasteiger partial charge in [0.2, 0.25) is 11.8 Å². The van der Waals surface area contributed by atoms with Crippen LogP contribution in [0.3, 0.4) is 0 Å². The first-order chi connectivity index (χ1) is 13.0. The Labute approximate surface area is 165 Å². The second kappa shape index (κ2) is 11.2. The van der Waals surface area contributed by atoms with E-state index in [4.69, 9.17) is 4.74 Å². The number of nitrogens with one attached hydrogen (secondary N) is 2. The minimum absolute atomic E-state index is 0.0317. The van der Waals surface area contributed by atoms with E-state index >= 15 is 0 Å².